The average Bonchev–Trinajstić information content (AvgIpc) is 2.97. The minimum Gasteiger partial charge on any atom is -0.665 e. The Bertz CT molecular complexity index is 1110. The Balaban J connectivity index is -0.0000000962. The summed E-state index contributed by atoms with van der Waals surface area (Å²) in [5.74, 6) is 3.59. The quantitative estimate of drug-likeness (QED) is 0.135. The van der Waals surface area contributed by atoms with E-state index in [1.807, 2.05) is 60.7 Å². The summed E-state index contributed by atoms with van der Waals surface area (Å²) in [6.45, 7) is 5.91. The molecule has 15 heteroatoms. The zero-order valence-corrected chi connectivity index (χ0v) is 62.0. The van der Waals surface area contributed by atoms with Crippen LogP contribution in [0.15, 0.2) is 97.1 Å². The van der Waals surface area contributed by atoms with Crippen LogP contribution in [-0.4, -0.2) is 13.2 Å². The largest absolute Gasteiger partial charge is 0.665 e. The molecule has 0 N–H and O–H groups in total. The van der Waals surface area contributed by atoms with Gasteiger partial charge in [0, 0.05) is 270 Å². The van der Waals surface area contributed by atoms with Gasteiger partial charge in [-0.15, -0.1) is 12.1 Å². The summed E-state index contributed by atoms with van der Waals surface area (Å²) in [4.78, 5) is 0. The molecule has 0 saturated carbocycles. The third-order valence-electron chi connectivity index (χ3n) is 5.99. The maximum atomic E-state index is 6.04. The molecule has 0 aromatic heterocycles. The van der Waals surface area contributed by atoms with Gasteiger partial charge in [-0.2, -0.15) is 25.3 Å². The Morgan fingerprint density at radius 1 is 0.531 bits per heavy atom. The Hall–Kier alpha value is 4.96. The first-order valence-electron chi connectivity index (χ1n) is 12.8. The monoisotopic (exact) mass is 2600 g/mol. The molecule has 0 aliphatic rings. The van der Waals surface area contributed by atoms with Gasteiger partial charge in [-0.25, -0.2) is 0 Å². The van der Waals surface area contributed by atoms with Gasteiger partial charge < -0.3 is 26.3 Å². The summed E-state index contributed by atoms with van der Waals surface area (Å²) in [7, 11) is 3.43. The van der Waals surface area contributed by atoms with Crippen molar-refractivity contribution in [1.82, 2.24) is 0 Å². The summed E-state index contributed by atoms with van der Waals surface area (Å²) in [6.07, 6.45) is 3.06. The van der Waals surface area contributed by atoms with Crippen LogP contribution in [0.25, 0.3) is 0 Å². The van der Waals surface area contributed by atoms with Gasteiger partial charge >= 0.3 is 0 Å². The van der Waals surface area contributed by atoms with Crippen molar-refractivity contribution in [3.05, 3.63) is 133 Å². The van der Waals surface area contributed by atoms with Crippen LogP contribution in [0.2, 0.25) is 0 Å². The van der Waals surface area contributed by atoms with Crippen molar-refractivity contribution in [2.75, 3.05) is 13.2 Å². The predicted octanol–water partition coefficient (Wildman–Crippen LogP) is 8.02. The molecule has 4 rings (SSSR count). The van der Waals surface area contributed by atoms with Crippen molar-refractivity contribution < 1.29 is 279 Å². The van der Waals surface area contributed by atoms with Crippen LogP contribution in [0.5, 0.6) is 17.2 Å². The Morgan fingerprint density at radius 2 is 0.898 bits per heavy atom. The minimum atomic E-state index is 0. The summed E-state index contributed by atoms with van der Waals surface area (Å²) in [5.41, 5.74) is 2.50. The molecule has 2 atom stereocenters. The maximum absolute atomic E-state index is 6.04. The Morgan fingerprint density at radius 3 is 1.29 bits per heavy atom. The molecule has 2 unspecified atom stereocenters. The van der Waals surface area contributed by atoms with Crippen LogP contribution in [0.4, 0.5) is 0 Å². The Kier molecular flexibility index (Phi) is 81.5. The number of rotatable bonds is 12. The van der Waals surface area contributed by atoms with E-state index in [9.17, 15) is 0 Å². The zero-order chi connectivity index (χ0) is 26.1. The van der Waals surface area contributed by atoms with Gasteiger partial charge in [0.1, 0.15) is 5.75 Å². The molecular weight excluding hydrogens is 2570 g/mol. The van der Waals surface area contributed by atoms with Gasteiger partial charge in [0.05, 0.1) is 19.0 Å². The van der Waals surface area contributed by atoms with Crippen molar-refractivity contribution in [3.8, 4) is 17.2 Å². The molecule has 1 radical (unpaired) electrons. The minimum absolute atomic E-state index is 0. The molecular formula is C34H36O3W11Y-4. The normalized spacial score (nSPS) is 9.04. The van der Waals surface area contributed by atoms with E-state index in [-0.39, 0.29) is 264 Å². The van der Waals surface area contributed by atoms with Crippen LogP contribution in [0, 0.1) is 37.1 Å². The molecule has 0 heterocycles. The predicted molar refractivity (Wildman–Crippen MR) is 150 cm³/mol. The molecule has 0 spiro atoms. The summed E-state index contributed by atoms with van der Waals surface area (Å²) in [5, 5.41) is 0. The summed E-state index contributed by atoms with van der Waals surface area (Å²) >= 11 is 0. The van der Waals surface area contributed by atoms with E-state index in [0.717, 1.165) is 43.1 Å². The van der Waals surface area contributed by atoms with Gasteiger partial charge in [0.2, 0.25) is 0 Å². The number of hydrogen-bond donors (Lipinski definition) is 0. The molecule has 49 heavy (non-hydrogen) atoms. The summed E-state index contributed by atoms with van der Waals surface area (Å²) in [6, 6.07) is 40.1. The molecule has 0 bridgehead atoms. The number of ether oxygens (including phenoxy) is 3. The van der Waals surface area contributed by atoms with Gasteiger partial charge in [-0.1, -0.05) is 44.5 Å². The first-order valence-corrected chi connectivity index (χ1v) is 12.8. The van der Waals surface area contributed by atoms with E-state index in [1.165, 1.54) is 11.1 Å². The van der Waals surface area contributed by atoms with Crippen molar-refractivity contribution in [3.63, 3.8) is 0 Å². The molecule has 3 nitrogen and oxygen atoms in total. The van der Waals surface area contributed by atoms with E-state index in [0.29, 0.717) is 18.4 Å². The fourth-order valence-electron chi connectivity index (χ4n) is 3.86. The van der Waals surface area contributed by atoms with Crippen LogP contribution in [0.1, 0.15) is 37.8 Å². The Labute approximate surface area is 478 Å². The number of benzene rings is 4. The fourth-order valence-corrected chi connectivity index (χ4v) is 3.86. The second-order valence-electron chi connectivity index (χ2n) is 9.08. The van der Waals surface area contributed by atoms with Gasteiger partial charge in [-0.3, -0.25) is 24.3 Å². The molecule has 263 valence electrons. The second-order valence-corrected chi connectivity index (χ2v) is 9.08. The van der Waals surface area contributed by atoms with Crippen molar-refractivity contribution in [2.24, 2.45) is 11.8 Å². The fraction of sp³-hybridized carbons (Fsp3) is 0.265. The molecule has 0 saturated heterocycles. The average molecular weight is 2600 g/mol. The molecule has 0 aliphatic heterocycles. The second kappa shape index (κ2) is 51.0. The first kappa shape index (κ1) is 78.3. The molecule has 0 amide bonds. The van der Waals surface area contributed by atoms with Gasteiger partial charge in [0.25, 0.3) is 0 Å². The van der Waals surface area contributed by atoms with Crippen LogP contribution < -0.4 is 14.2 Å². The zero-order valence-electron chi connectivity index (χ0n) is 26.9. The van der Waals surface area contributed by atoms with Crippen LogP contribution in [-0.2, 0) is 271 Å². The first-order chi connectivity index (χ1) is 18.2. The molecule has 0 fully saturated rings. The molecule has 4 aromatic rings. The standard InChI is InChI=1S/C28H32O3.C6H4.11W.Y/c1-4-23(21-31-27-8-6-5-7-9-27)18-22(2)20-30-28-16-12-25(13-17-28)19-24-10-14-26(29-3)15-11-24;1-2-4-6-5-3-1;;;;;;;;;;;;/h6-17,22-23H,3-4,18-21H2,1-2H3;1-2,5-6H;;;;;;;;;;;;/q2*-2;;;;;;;;;;;;. The number of hydrogen-bond acceptors (Lipinski definition) is 3. The SMILES string of the molecule is [CH2-]Oc1ccc(Cc2ccc(OCC(C)CC(CC)COc3cc[c-]cc3)cc2)cc1.[W].[W].[W].[W].[W].[W].[W].[W].[W].[W].[W].[Y].[c-]1cc[c-]cc1. The van der Waals surface area contributed by atoms with Crippen molar-refractivity contribution in [2.45, 2.75) is 33.1 Å². The van der Waals surface area contributed by atoms with E-state index in [2.05, 4.69) is 75.6 Å². The summed E-state index contributed by atoms with van der Waals surface area (Å²) < 4.78 is 16.9. The van der Waals surface area contributed by atoms with Gasteiger partial charge in [0.15, 0.2) is 0 Å². The van der Waals surface area contributed by atoms with Crippen LogP contribution in [0.3, 0.4) is 0 Å². The van der Waals surface area contributed by atoms with Crippen molar-refractivity contribution in [1.29, 1.82) is 0 Å². The van der Waals surface area contributed by atoms with E-state index >= 15 is 0 Å². The molecule has 4 aromatic carbocycles. The molecule has 0 aliphatic carbocycles. The third kappa shape index (κ3) is 37.0. The maximum Gasteiger partial charge on any atom is 0.119 e. The van der Waals surface area contributed by atoms with Crippen molar-refractivity contribution >= 4 is 0 Å². The van der Waals surface area contributed by atoms with Crippen LogP contribution >= 0.6 is 0 Å². The third-order valence-corrected chi connectivity index (χ3v) is 5.99. The van der Waals surface area contributed by atoms with Gasteiger partial charge in [-0.05, 0) is 60.1 Å². The topological polar surface area (TPSA) is 27.7 Å². The smallest absolute Gasteiger partial charge is 0.119 e. The van der Waals surface area contributed by atoms with E-state index in [1.54, 1.807) is 0 Å². The van der Waals surface area contributed by atoms with E-state index in [4.69, 9.17) is 14.2 Å². The van der Waals surface area contributed by atoms with E-state index < -0.39 is 0 Å².